The van der Waals surface area contributed by atoms with Crippen molar-refractivity contribution in [3.05, 3.63) is 71.7 Å². The Hall–Kier alpha value is -3.68. The van der Waals surface area contributed by atoms with Gasteiger partial charge in [0.2, 0.25) is 5.95 Å². The van der Waals surface area contributed by atoms with Gasteiger partial charge in [0.1, 0.15) is 5.82 Å². The van der Waals surface area contributed by atoms with Gasteiger partial charge in [-0.25, -0.2) is 19.0 Å². The number of imidazole rings is 1. The molecule has 0 unspecified atom stereocenters. The second kappa shape index (κ2) is 10.0. The third-order valence-electron chi connectivity index (χ3n) is 4.19. The van der Waals surface area contributed by atoms with E-state index in [-0.39, 0.29) is 5.82 Å². The molecule has 8 heteroatoms. The smallest absolute Gasteiger partial charge is 0.414 e. The maximum atomic E-state index is 13.0. The quantitative estimate of drug-likeness (QED) is 0.567. The summed E-state index contributed by atoms with van der Waals surface area (Å²) < 4.78 is 15.0. The molecule has 29 heavy (non-hydrogen) atoms. The van der Waals surface area contributed by atoms with Gasteiger partial charge in [-0.2, -0.15) is 0 Å². The summed E-state index contributed by atoms with van der Waals surface area (Å²) in [6, 6.07) is 15.0. The molecule has 7 nitrogen and oxygen atoms in total. The third-order valence-corrected chi connectivity index (χ3v) is 4.19. The highest BCUT2D eigenvalue weighted by Crippen LogP contribution is 2.22. The fourth-order valence-corrected chi connectivity index (χ4v) is 2.54. The molecule has 2 aromatic carbocycles. The average Bonchev–Trinajstić information content (AvgIpc) is 3.08. The first-order chi connectivity index (χ1) is 13.8. The maximum absolute atomic E-state index is 13.0. The molecule has 0 spiro atoms. The van der Waals surface area contributed by atoms with E-state index >= 15 is 0 Å². The molecule has 3 rings (SSSR count). The molecule has 152 valence electrons. The molecular weight excluding hydrogens is 377 g/mol. The Morgan fingerprint density at radius 1 is 1.00 bits per heavy atom. The van der Waals surface area contributed by atoms with Gasteiger partial charge in [-0.1, -0.05) is 31.2 Å². The summed E-state index contributed by atoms with van der Waals surface area (Å²) >= 11 is 0. The lowest BCUT2D eigenvalue weighted by Crippen LogP contribution is -2.09. The summed E-state index contributed by atoms with van der Waals surface area (Å²) in [4.78, 5) is 22.6. The van der Waals surface area contributed by atoms with Crippen LogP contribution >= 0.6 is 0 Å². The number of hydrogen-bond acceptors (Lipinski definition) is 4. The van der Waals surface area contributed by atoms with Gasteiger partial charge >= 0.3 is 11.9 Å². The van der Waals surface area contributed by atoms with Crippen molar-refractivity contribution < 1.29 is 24.2 Å². The van der Waals surface area contributed by atoms with Gasteiger partial charge in [-0.05, 0) is 41.8 Å². The molecule has 3 N–H and O–H groups in total. The number of aryl methyl sites for hydroxylation is 1. The molecule has 0 aliphatic carbocycles. The number of hydrogen-bond donors (Lipinski definition) is 3. The monoisotopic (exact) mass is 399 g/mol. The number of carboxylic acids is 2. The number of nitrogens with one attached hydrogen (secondary N) is 1. The Kier molecular flexibility index (Phi) is 7.47. The molecule has 0 bridgehead atoms. The first-order valence-electron chi connectivity index (χ1n) is 8.87. The zero-order valence-corrected chi connectivity index (χ0v) is 16.1. The van der Waals surface area contributed by atoms with Crippen molar-refractivity contribution in [1.82, 2.24) is 9.55 Å². The van der Waals surface area contributed by atoms with Crippen LogP contribution in [-0.2, 0) is 29.6 Å². The van der Waals surface area contributed by atoms with Crippen LogP contribution in [0.15, 0.2) is 54.7 Å². The fourth-order valence-electron chi connectivity index (χ4n) is 2.54. The highest BCUT2D eigenvalue weighted by Gasteiger charge is 2.08. The standard InChI is InChI=1S/C19H20FN3.C2H2O4/c1-3-14-4-6-15(7-5-14)12-21-19-22-13-18(23(19)2)16-8-10-17(20)11-9-16;3-1(4)2(5)6/h4-11,13H,3,12H2,1-2H3,(H,21,22);(H,3,4)(H,5,6). The number of rotatable bonds is 5. The second-order valence-corrected chi connectivity index (χ2v) is 6.17. The van der Waals surface area contributed by atoms with Gasteiger partial charge in [0, 0.05) is 19.2 Å². The van der Waals surface area contributed by atoms with E-state index in [2.05, 4.69) is 41.5 Å². The van der Waals surface area contributed by atoms with Crippen LogP contribution in [0.5, 0.6) is 0 Å². The number of carboxylic acid groups (broad SMARTS) is 2. The summed E-state index contributed by atoms with van der Waals surface area (Å²) in [5, 5.41) is 18.1. The molecule has 0 fully saturated rings. The minimum atomic E-state index is -1.82. The van der Waals surface area contributed by atoms with Gasteiger partial charge in [-0.3, -0.25) is 0 Å². The predicted molar refractivity (Wildman–Crippen MR) is 107 cm³/mol. The Morgan fingerprint density at radius 2 is 1.55 bits per heavy atom. The number of nitrogens with zero attached hydrogens (tertiary/aromatic N) is 2. The summed E-state index contributed by atoms with van der Waals surface area (Å²) in [5.74, 6) is -3.08. The molecule has 0 atom stereocenters. The number of aromatic nitrogens is 2. The Morgan fingerprint density at radius 3 is 2.07 bits per heavy atom. The molecule has 3 aromatic rings. The minimum Gasteiger partial charge on any atom is -0.473 e. The van der Waals surface area contributed by atoms with Crippen LogP contribution in [0.2, 0.25) is 0 Å². The van der Waals surface area contributed by atoms with Crippen molar-refractivity contribution in [3.63, 3.8) is 0 Å². The largest absolute Gasteiger partial charge is 0.473 e. The van der Waals surface area contributed by atoms with Gasteiger partial charge in [0.15, 0.2) is 0 Å². The minimum absolute atomic E-state index is 0.232. The first kappa shape index (κ1) is 21.6. The molecule has 0 amide bonds. The van der Waals surface area contributed by atoms with Crippen molar-refractivity contribution in [1.29, 1.82) is 0 Å². The highest BCUT2D eigenvalue weighted by atomic mass is 19.1. The molecule has 0 radical (unpaired) electrons. The van der Waals surface area contributed by atoms with E-state index < -0.39 is 11.9 Å². The lowest BCUT2D eigenvalue weighted by atomic mass is 10.1. The molecule has 0 aliphatic heterocycles. The molecule has 0 saturated carbocycles. The van der Waals surface area contributed by atoms with Gasteiger partial charge in [0.05, 0.1) is 11.9 Å². The first-order valence-corrected chi connectivity index (χ1v) is 8.87. The van der Waals surface area contributed by atoms with Gasteiger partial charge < -0.3 is 20.1 Å². The van der Waals surface area contributed by atoms with E-state index in [1.54, 1.807) is 18.3 Å². The van der Waals surface area contributed by atoms with Crippen molar-refractivity contribution in [2.75, 3.05) is 5.32 Å². The molecule has 0 saturated heterocycles. The summed E-state index contributed by atoms with van der Waals surface area (Å²) in [6.45, 7) is 2.87. The normalized spacial score (nSPS) is 10.0. The van der Waals surface area contributed by atoms with E-state index in [4.69, 9.17) is 19.8 Å². The van der Waals surface area contributed by atoms with Crippen molar-refractivity contribution >= 4 is 17.9 Å². The number of anilines is 1. The predicted octanol–water partition coefficient (Wildman–Crippen LogP) is 3.56. The highest BCUT2D eigenvalue weighted by molar-refractivity contribution is 6.27. The Balaban J connectivity index is 0.000000438. The van der Waals surface area contributed by atoms with E-state index in [9.17, 15) is 4.39 Å². The van der Waals surface area contributed by atoms with E-state index in [0.717, 1.165) is 30.2 Å². The average molecular weight is 399 g/mol. The number of benzene rings is 2. The molecular formula is C21H22FN3O4. The summed E-state index contributed by atoms with van der Waals surface area (Å²) in [7, 11) is 1.95. The zero-order valence-electron chi connectivity index (χ0n) is 16.1. The van der Waals surface area contributed by atoms with Crippen LogP contribution < -0.4 is 5.32 Å². The van der Waals surface area contributed by atoms with Crippen LogP contribution in [0.3, 0.4) is 0 Å². The second-order valence-electron chi connectivity index (χ2n) is 6.17. The number of aliphatic carboxylic acids is 2. The SMILES string of the molecule is CCc1ccc(CNc2ncc(-c3ccc(F)cc3)n2C)cc1.O=C(O)C(=O)O. The van der Waals surface area contributed by atoms with Gasteiger partial charge in [0.25, 0.3) is 0 Å². The number of carbonyl (C=O) groups is 2. The topological polar surface area (TPSA) is 104 Å². The van der Waals surface area contributed by atoms with E-state index in [0.29, 0.717) is 0 Å². The van der Waals surface area contributed by atoms with Gasteiger partial charge in [-0.15, -0.1) is 0 Å². The number of halogens is 1. The maximum Gasteiger partial charge on any atom is 0.414 e. The van der Waals surface area contributed by atoms with Crippen molar-refractivity contribution in [2.24, 2.45) is 7.05 Å². The van der Waals surface area contributed by atoms with E-state index in [1.165, 1.54) is 23.3 Å². The fraction of sp³-hybridized carbons (Fsp3) is 0.190. The Labute approximate surface area is 167 Å². The third kappa shape index (κ3) is 6.17. The zero-order chi connectivity index (χ0) is 21.4. The van der Waals surface area contributed by atoms with Crippen LogP contribution in [0.4, 0.5) is 10.3 Å². The molecule has 0 aliphatic rings. The molecule has 1 heterocycles. The van der Waals surface area contributed by atoms with Crippen LogP contribution in [0.1, 0.15) is 18.1 Å². The Bertz CT molecular complexity index is 955. The van der Waals surface area contributed by atoms with E-state index in [1.807, 2.05) is 11.6 Å². The van der Waals surface area contributed by atoms with Crippen LogP contribution in [0, 0.1) is 5.82 Å². The van der Waals surface area contributed by atoms with Crippen LogP contribution in [-0.4, -0.2) is 31.7 Å². The van der Waals surface area contributed by atoms with Crippen molar-refractivity contribution in [2.45, 2.75) is 19.9 Å². The van der Waals surface area contributed by atoms with Crippen molar-refractivity contribution in [3.8, 4) is 11.3 Å². The summed E-state index contributed by atoms with van der Waals surface area (Å²) in [5.41, 5.74) is 4.45. The lowest BCUT2D eigenvalue weighted by molar-refractivity contribution is -0.159. The molecule has 1 aromatic heterocycles. The summed E-state index contributed by atoms with van der Waals surface area (Å²) in [6.07, 6.45) is 2.85. The lowest BCUT2D eigenvalue weighted by Gasteiger charge is -2.09. The van der Waals surface area contributed by atoms with Crippen LogP contribution in [0.25, 0.3) is 11.3 Å².